The van der Waals surface area contributed by atoms with Crippen LogP contribution in [0.1, 0.15) is 33.3 Å². The third-order valence-corrected chi connectivity index (χ3v) is 3.65. The van der Waals surface area contributed by atoms with E-state index in [4.69, 9.17) is 5.73 Å². The molecular weight excluding hydrogens is 239 g/mol. The fraction of sp³-hybridized carbons (Fsp3) is 0.417. The van der Waals surface area contributed by atoms with Gasteiger partial charge >= 0.3 is 0 Å². The number of nitrogens with two attached hydrogens (primary N) is 1. The summed E-state index contributed by atoms with van der Waals surface area (Å²) in [7, 11) is -1.40. The van der Waals surface area contributed by atoms with Crippen LogP contribution in [0.15, 0.2) is 22.6 Å². The van der Waals surface area contributed by atoms with Gasteiger partial charge in [0.2, 0.25) is 0 Å². The predicted octanol–water partition coefficient (Wildman–Crippen LogP) is 2.68. The molecule has 0 radical (unpaired) electrons. The van der Waals surface area contributed by atoms with Crippen molar-refractivity contribution < 1.29 is 8.60 Å². The van der Waals surface area contributed by atoms with Crippen LogP contribution < -0.4 is 5.73 Å². The van der Waals surface area contributed by atoms with Crippen LogP contribution in [0.2, 0.25) is 0 Å². The molecule has 1 rings (SSSR count). The Labute approximate surface area is 104 Å². The number of nitrogens with zero attached hydrogens (tertiary/aromatic N) is 1. The summed E-state index contributed by atoms with van der Waals surface area (Å²) in [5.74, 6) is -0.514. The smallest absolute Gasteiger partial charge is 0.155 e. The van der Waals surface area contributed by atoms with Crippen molar-refractivity contribution in [1.29, 1.82) is 0 Å². The van der Waals surface area contributed by atoms with Gasteiger partial charge in [0, 0.05) is 5.56 Å². The second-order valence-corrected chi connectivity index (χ2v) is 6.65. The van der Waals surface area contributed by atoms with Crippen LogP contribution in [0.5, 0.6) is 0 Å². The minimum Gasteiger partial charge on any atom is -0.396 e. The highest BCUT2D eigenvalue weighted by Crippen LogP contribution is 2.18. The van der Waals surface area contributed by atoms with Crippen LogP contribution in [0.3, 0.4) is 0 Å². The van der Waals surface area contributed by atoms with Gasteiger partial charge in [0.1, 0.15) is 11.0 Å². The maximum absolute atomic E-state index is 13.7. The lowest BCUT2D eigenvalue weighted by atomic mass is 10.1. The first-order chi connectivity index (χ1) is 7.73. The number of nitrogen functional groups attached to an aromatic ring is 1. The maximum Gasteiger partial charge on any atom is 0.155 e. The Balaban J connectivity index is 3.13. The number of hydrogen-bond acceptors (Lipinski definition) is 2. The molecule has 0 amide bonds. The van der Waals surface area contributed by atoms with Crippen molar-refractivity contribution in [3.8, 4) is 0 Å². The van der Waals surface area contributed by atoms with Gasteiger partial charge in [0.25, 0.3) is 0 Å². The highest BCUT2D eigenvalue weighted by molar-refractivity contribution is 7.85. The summed E-state index contributed by atoms with van der Waals surface area (Å²) in [6.45, 7) is 7.07. The molecule has 0 saturated carbocycles. The molecule has 1 aromatic rings. The molecule has 3 nitrogen and oxygen atoms in total. The van der Waals surface area contributed by atoms with Crippen molar-refractivity contribution in [2.75, 3.05) is 5.73 Å². The molecule has 17 heavy (non-hydrogen) atoms. The van der Waals surface area contributed by atoms with E-state index < -0.39 is 21.5 Å². The van der Waals surface area contributed by atoms with Crippen molar-refractivity contribution in [3.63, 3.8) is 0 Å². The third kappa shape index (κ3) is 3.36. The molecule has 94 valence electrons. The quantitative estimate of drug-likeness (QED) is 0.653. The first-order valence-corrected chi connectivity index (χ1v) is 6.36. The Bertz CT molecular complexity index is 478. The van der Waals surface area contributed by atoms with Crippen molar-refractivity contribution in [2.24, 2.45) is 4.40 Å². The van der Waals surface area contributed by atoms with E-state index in [0.29, 0.717) is 11.3 Å². The van der Waals surface area contributed by atoms with Gasteiger partial charge < -0.3 is 5.73 Å². The van der Waals surface area contributed by atoms with E-state index in [2.05, 4.69) is 4.40 Å². The van der Waals surface area contributed by atoms with Gasteiger partial charge in [-0.2, -0.15) is 4.40 Å². The van der Waals surface area contributed by atoms with E-state index in [1.165, 1.54) is 6.07 Å². The number of halogens is 1. The van der Waals surface area contributed by atoms with Gasteiger partial charge in [0.05, 0.1) is 16.1 Å². The monoisotopic (exact) mass is 256 g/mol. The third-order valence-electron chi connectivity index (χ3n) is 2.16. The highest BCUT2D eigenvalue weighted by atomic mass is 32.2. The summed E-state index contributed by atoms with van der Waals surface area (Å²) in [5.41, 5.74) is 6.22. The first-order valence-electron chi connectivity index (χ1n) is 5.25. The summed E-state index contributed by atoms with van der Waals surface area (Å²) >= 11 is 0. The number of hydrogen-bond donors (Lipinski definition) is 1. The van der Waals surface area contributed by atoms with Crippen LogP contribution in [0.25, 0.3) is 0 Å². The average Bonchev–Trinajstić information content (AvgIpc) is 2.20. The summed E-state index contributed by atoms with van der Waals surface area (Å²) in [4.78, 5) is 0. The summed E-state index contributed by atoms with van der Waals surface area (Å²) in [5, 5.41) is 0. The fourth-order valence-corrected chi connectivity index (χ4v) is 1.76. The average molecular weight is 256 g/mol. The number of benzene rings is 1. The molecule has 1 aromatic carbocycles. The lowest BCUT2D eigenvalue weighted by Gasteiger charge is -2.14. The molecule has 0 fully saturated rings. The van der Waals surface area contributed by atoms with Crippen LogP contribution in [-0.2, 0) is 11.0 Å². The Morgan fingerprint density at radius 3 is 2.53 bits per heavy atom. The zero-order valence-electron chi connectivity index (χ0n) is 10.5. The first kappa shape index (κ1) is 13.8. The molecular formula is C12H17FN2OS. The Kier molecular flexibility index (Phi) is 4.03. The van der Waals surface area contributed by atoms with E-state index >= 15 is 0 Å². The summed E-state index contributed by atoms with van der Waals surface area (Å²) < 4.78 is 29.1. The molecule has 1 atom stereocenters. The molecule has 2 N–H and O–H groups in total. The Morgan fingerprint density at radius 1 is 1.41 bits per heavy atom. The zero-order chi connectivity index (χ0) is 13.2. The van der Waals surface area contributed by atoms with Crippen molar-refractivity contribution in [3.05, 3.63) is 29.6 Å². The Morgan fingerprint density at radius 2 is 2.00 bits per heavy atom. The molecule has 0 bridgehead atoms. The van der Waals surface area contributed by atoms with Crippen LogP contribution in [0.4, 0.5) is 10.1 Å². The topological polar surface area (TPSA) is 55.5 Å². The molecule has 0 aromatic heterocycles. The summed E-state index contributed by atoms with van der Waals surface area (Å²) in [6.07, 6.45) is 0. The predicted molar refractivity (Wildman–Crippen MR) is 70.9 cm³/mol. The lowest BCUT2D eigenvalue weighted by molar-refractivity contribution is 0.630. The standard InChI is InChI=1S/C12H17FN2OS/c1-8(15-17(16)12(2,3)4)9-6-5-7-10(14)11(9)13/h5-7H,14H2,1-4H3. The summed E-state index contributed by atoms with van der Waals surface area (Å²) in [6, 6.07) is 4.70. The Hall–Kier alpha value is -1.23. The normalized spacial score (nSPS) is 14.8. The molecule has 0 aliphatic carbocycles. The number of anilines is 1. The van der Waals surface area contributed by atoms with Gasteiger partial charge in [-0.05, 0) is 33.8 Å². The van der Waals surface area contributed by atoms with Crippen LogP contribution >= 0.6 is 0 Å². The van der Waals surface area contributed by atoms with Crippen LogP contribution in [-0.4, -0.2) is 14.7 Å². The van der Waals surface area contributed by atoms with Crippen molar-refractivity contribution in [1.82, 2.24) is 0 Å². The zero-order valence-corrected chi connectivity index (χ0v) is 11.3. The molecule has 0 aliphatic rings. The van der Waals surface area contributed by atoms with Gasteiger partial charge in [-0.25, -0.2) is 8.60 Å². The lowest BCUT2D eigenvalue weighted by Crippen LogP contribution is -2.21. The SMILES string of the molecule is CC(=NS(=O)C(C)(C)C)c1cccc(N)c1F. The molecule has 0 saturated heterocycles. The number of rotatable bonds is 2. The molecule has 0 spiro atoms. The van der Waals surface area contributed by atoms with E-state index in [-0.39, 0.29) is 5.69 Å². The minimum atomic E-state index is -1.40. The van der Waals surface area contributed by atoms with E-state index in [1.54, 1.807) is 19.1 Å². The second kappa shape index (κ2) is 4.96. The minimum absolute atomic E-state index is 0.0681. The molecule has 1 unspecified atom stereocenters. The second-order valence-electron chi connectivity index (χ2n) is 4.75. The van der Waals surface area contributed by atoms with Crippen molar-refractivity contribution in [2.45, 2.75) is 32.4 Å². The highest BCUT2D eigenvalue weighted by Gasteiger charge is 2.20. The largest absolute Gasteiger partial charge is 0.396 e. The van der Waals surface area contributed by atoms with Gasteiger partial charge in [-0.15, -0.1) is 0 Å². The van der Waals surface area contributed by atoms with Crippen molar-refractivity contribution >= 4 is 22.4 Å². The molecule has 5 heteroatoms. The van der Waals surface area contributed by atoms with Gasteiger partial charge in [0.15, 0.2) is 5.82 Å². The molecule has 0 heterocycles. The van der Waals surface area contributed by atoms with E-state index in [1.807, 2.05) is 20.8 Å². The fourth-order valence-electron chi connectivity index (χ4n) is 1.14. The molecule has 0 aliphatic heterocycles. The van der Waals surface area contributed by atoms with Crippen LogP contribution in [0, 0.1) is 5.82 Å². The van der Waals surface area contributed by atoms with E-state index in [9.17, 15) is 8.60 Å². The van der Waals surface area contributed by atoms with E-state index in [0.717, 1.165) is 0 Å². The van der Waals surface area contributed by atoms with Gasteiger partial charge in [-0.1, -0.05) is 12.1 Å². The maximum atomic E-state index is 13.7. The van der Waals surface area contributed by atoms with Gasteiger partial charge in [-0.3, -0.25) is 0 Å².